The second-order valence-electron chi connectivity index (χ2n) is 7.51. The zero-order valence-electron chi connectivity index (χ0n) is 14.8. The third-order valence-electron chi connectivity index (χ3n) is 4.73. The topological polar surface area (TPSA) is 64.6 Å². The van der Waals surface area contributed by atoms with E-state index in [1.807, 2.05) is 45.3 Å². The van der Waals surface area contributed by atoms with Gasteiger partial charge in [0.05, 0.1) is 12.1 Å². The van der Waals surface area contributed by atoms with E-state index in [9.17, 15) is 9.90 Å². The van der Waals surface area contributed by atoms with Crippen molar-refractivity contribution in [3.05, 3.63) is 35.4 Å². The van der Waals surface area contributed by atoms with Crippen LogP contribution in [0.5, 0.6) is 0 Å². The molecular formula is C18H29N3O2. The summed E-state index contributed by atoms with van der Waals surface area (Å²) in [5.74, 6) is 0. The molecule has 3 atom stereocenters. The minimum atomic E-state index is -0.566. The highest BCUT2D eigenvalue weighted by Gasteiger charge is 2.33. The Kier molecular flexibility index (Phi) is 5.32. The van der Waals surface area contributed by atoms with Crippen LogP contribution in [0.15, 0.2) is 24.3 Å². The van der Waals surface area contributed by atoms with Gasteiger partial charge in [-0.15, -0.1) is 0 Å². The molecule has 3 unspecified atom stereocenters. The Bertz CT molecular complexity index is 557. The van der Waals surface area contributed by atoms with Gasteiger partial charge in [0.2, 0.25) is 0 Å². The Morgan fingerprint density at radius 1 is 1.39 bits per heavy atom. The number of hydrogen-bond acceptors (Lipinski definition) is 3. The van der Waals surface area contributed by atoms with Crippen LogP contribution in [0, 0.1) is 5.41 Å². The Morgan fingerprint density at radius 3 is 2.70 bits per heavy atom. The number of hydrogen-bond donors (Lipinski definition) is 3. The van der Waals surface area contributed by atoms with E-state index in [2.05, 4.69) is 29.4 Å². The maximum atomic E-state index is 12.4. The first-order valence-electron chi connectivity index (χ1n) is 8.18. The lowest BCUT2D eigenvalue weighted by Gasteiger charge is -2.35. The number of rotatable bonds is 5. The monoisotopic (exact) mass is 319 g/mol. The van der Waals surface area contributed by atoms with Gasteiger partial charge in [0.15, 0.2) is 0 Å². The second kappa shape index (κ2) is 6.89. The van der Waals surface area contributed by atoms with Gasteiger partial charge in [-0.1, -0.05) is 38.1 Å². The molecule has 23 heavy (non-hydrogen) atoms. The van der Waals surface area contributed by atoms with E-state index in [0.717, 1.165) is 17.7 Å². The molecule has 5 nitrogen and oxygen atoms in total. The largest absolute Gasteiger partial charge is 0.390 e. The van der Waals surface area contributed by atoms with Crippen molar-refractivity contribution in [3.63, 3.8) is 0 Å². The number of amides is 2. The SMILES string of the molecule is CC(NC(=O)NC1c2ccccc2CC1O)C(C)(C)CN(C)C. The number of nitrogens with zero attached hydrogens (tertiary/aromatic N) is 1. The lowest BCUT2D eigenvalue weighted by molar-refractivity contribution is 0.138. The molecule has 0 saturated carbocycles. The Labute approximate surface area is 139 Å². The van der Waals surface area contributed by atoms with Crippen molar-refractivity contribution in [1.82, 2.24) is 15.5 Å². The number of fused-ring (bicyclic) bond motifs is 1. The van der Waals surface area contributed by atoms with Crippen LogP contribution in [0.25, 0.3) is 0 Å². The zero-order chi connectivity index (χ0) is 17.2. The summed E-state index contributed by atoms with van der Waals surface area (Å²) in [4.78, 5) is 14.5. The first kappa shape index (κ1) is 17.8. The number of carbonyl (C=O) groups excluding carboxylic acids is 1. The van der Waals surface area contributed by atoms with E-state index < -0.39 is 6.10 Å². The Morgan fingerprint density at radius 2 is 2.04 bits per heavy atom. The maximum absolute atomic E-state index is 12.4. The Hall–Kier alpha value is -1.59. The summed E-state index contributed by atoms with van der Waals surface area (Å²) in [5, 5.41) is 16.2. The number of urea groups is 1. The smallest absolute Gasteiger partial charge is 0.315 e. The average molecular weight is 319 g/mol. The molecular weight excluding hydrogens is 290 g/mol. The van der Waals surface area contributed by atoms with Crippen LogP contribution in [0.3, 0.4) is 0 Å². The van der Waals surface area contributed by atoms with Crippen LogP contribution < -0.4 is 10.6 Å². The summed E-state index contributed by atoms with van der Waals surface area (Å²) in [6.07, 6.45) is 0.0197. The van der Waals surface area contributed by atoms with Crippen LogP contribution >= 0.6 is 0 Å². The standard InChI is InChI=1S/C18H29N3O2/c1-12(18(2,3)11-21(4)5)19-17(23)20-16-14-9-7-6-8-13(14)10-15(16)22/h6-9,12,15-16,22H,10-11H2,1-5H3,(H2,19,20,23). The molecule has 1 aliphatic carbocycles. The third kappa shape index (κ3) is 4.24. The van der Waals surface area contributed by atoms with Crippen LogP contribution in [0.1, 0.15) is 37.9 Å². The van der Waals surface area contributed by atoms with Gasteiger partial charge in [-0.25, -0.2) is 4.79 Å². The molecule has 1 aliphatic rings. The quantitative estimate of drug-likeness (QED) is 0.777. The molecule has 0 bridgehead atoms. The van der Waals surface area contributed by atoms with Crippen molar-refractivity contribution in [3.8, 4) is 0 Å². The second-order valence-corrected chi connectivity index (χ2v) is 7.51. The molecule has 0 aromatic heterocycles. The van der Waals surface area contributed by atoms with Gasteiger partial charge in [0.25, 0.3) is 0 Å². The molecule has 0 radical (unpaired) electrons. The number of aliphatic hydroxyl groups excluding tert-OH is 1. The summed E-state index contributed by atoms with van der Waals surface area (Å²) in [7, 11) is 4.06. The summed E-state index contributed by atoms with van der Waals surface area (Å²) < 4.78 is 0. The fraction of sp³-hybridized carbons (Fsp3) is 0.611. The predicted molar refractivity (Wildman–Crippen MR) is 92.4 cm³/mol. The van der Waals surface area contributed by atoms with Crippen molar-refractivity contribution >= 4 is 6.03 Å². The molecule has 0 aliphatic heterocycles. The number of aliphatic hydroxyl groups is 1. The van der Waals surface area contributed by atoms with E-state index in [-0.39, 0.29) is 23.5 Å². The number of carbonyl (C=O) groups is 1. The number of nitrogens with one attached hydrogen (secondary N) is 2. The minimum absolute atomic E-state index is 0.0127. The highest BCUT2D eigenvalue weighted by atomic mass is 16.3. The molecule has 2 rings (SSSR count). The summed E-state index contributed by atoms with van der Waals surface area (Å²) >= 11 is 0. The first-order chi connectivity index (χ1) is 10.7. The van der Waals surface area contributed by atoms with Crippen LogP contribution in [0.2, 0.25) is 0 Å². The lowest BCUT2D eigenvalue weighted by Crippen LogP contribution is -2.51. The van der Waals surface area contributed by atoms with Crippen molar-refractivity contribution < 1.29 is 9.90 Å². The van der Waals surface area contributed by atoms with Gasteiger partial charge < -0.3 is 20.6 Å². The maximum Gasteiger partial charge on any atom is 0.315 e. The van der Waals surface area contributed by atoms with Crippen molar-refractivity contribution in [2.24, 2.45) is 5.41 Å². The molecule has 128 valence electrons. The lowest BCUT2D eigenvalue weighted by atomic mass is 9.85. The van der Waals surface area contributed by atoms with E-state index in [1.54, 1.807) is 0 Å². The fourth-order valence-electron chi connectivity index (χ4n) is 3.27. The van der Waals surface area contributed by atoms with Crippen molar-refractivity contribution in [2.75, 3.05) is 20.6 Å². The van der Waals surface area contributed by atoms with Crippen molar-refractivity contribution in [2.45, 2.75) is 45.4 Å². The van der Waals surface area contributed by atoms with Gasteiger partial charge in [-0.3, -0.25) is 0 Å². The average Bonchev–Trinajstić information content (AvgIpc) is 2.73. The fourth-order valence-corrected chi connectivity index (χ4v) is 3.27. The minimum Gasteiger partial charge on any atom is -0.390 e. The summed E-state index contributed by atoms with van der Waals surface area (Å²) in [6.45, 7) is 7.17. The van der Waals surface area contributed by atoms with E-state index in [1.165, 1.54) is 0 Å². The Balaban J connectivity index is 1.97. The molecule has 0 heterocycles. The van der Waals surface area contributed by atoms with Crippen LogP contribution in [0.4, 0.5) is 4.79 Å². The van der Waals surface area contributed by atoms with E-state index in [4.69, 9.17) is 0 Å². The molecule has 5 heteroatoms. The number of benzene rings is 1. The normalized spacial score (nSPS) is 21.9. The molecule has 0 spiro atoms. The molecule has 2 amide bonds. The van der Waals surface area contributed by atoms with Gasteiger partial charge in [0.1, 0.15) is 0 Å². The molecule has 3 N–H and O–H groups in total. The van der Waals surface area contributed by atoms with Gasteiger partial charge in [-0.05, 0) is 37.6 Å². The van der Waals surface area contributed by atoms with Gasteiger partial charge in [-0.2, -0.15) is 0 Å². The summed E-state index contributed by atoms with van der Waals surface area (Å²) in [6, 6.07) is 7.31. The zero-order valence-corrected chi connectivity index (χ0v) is 14.8. The molecule has 0 saturated heterocycles. The van der Waals surface area contributed by atoms with Gasteiger partial charge >= 0.3 is 6.03 Å². The van der Waals surface area contributed by atoms with Crippen molar-refractivity contribution in [1.29, 1.82) is 0 Å². The molecule has 0 fully saturated rings. The van der Waals surface area contributed by atoms with E-state index in [0.29, 0.717) is 6.42 Å². The summed E-state index contributed by atoms with van der Waals surface area (Å²) in [5.41, 5.74) is 2.06. The third-order valence-corrected chi connectivity index (χ3v) is 4.73. The van der Waals surface area contributed by atoms with E-state index >= 15 is 0 Å². The van der Waals surface area contributed by atoms with Gasteiger partial charge in [0, 0.05) is 19.0 Å². The van der Waals surface area contributed by atoms with Crippen LogP contribution in [-0.4, -0.2) is 48.8 Å². The first-order valence-corrected chi connectivity index (χ1v) is 8.18. The highest BCUT2D eigenvalue weighted by molar-refractivity contribution is 5.75. The van der Waals surface area contributed by atoms with Crippen LogP contribution in [-0.2, 0) is 6.42 Å². The highest BCUT2D eigenvalue weighted by Crippen LogP contribution is 2.31. The molecule has 1 aromatic carbocycles. The molecule has 1 aromatic rings. The predicted octanol–water partition coefficient (Wildman–Crippen LogP) is 1.92.